The number of aliphatic hydroxyl groups is 1. The third-order valence-electron chi connectivity index (χ3n) is 4.38. The van der Waals surface area contributed by atoms with Crippen LogP contribution in [0.1, 0.15) is 37.0 Å². The van der Waals surface area contributed by atoms with Gasteiger partial charge in [-0.25, -0.2) is 4.98 Å². The molecule has 0 radical (unpaired) electrons. The fraction of sp³-hybridized carbons (Fsp3) is 0.571. The molecule has 11 heteroatoms. The normalized spacial score (nSPS) is 20.2. The van der Waals surface area contributed by atoms with E-state index in [1.165, 1.54) is 14.0 Å². The fourth-order valence-corrected chi connectivity index (χ4v) is 3.17. The van der Waals surface area contributed by atoms with Crippen molar-refractivity contribution in [1.29, 1.82) is 0 Å². The van der Waals surface area contributed by atoms with E-state index >= 15 is 0 Å². The third kappa shape index (κ3) is 2.43. The van der Waals surface area contributed by atoms with Gasteiger partial charge in [0.2, 0.25) is 5.60 Å². The minimum Gasteiger partial charge on any atom is -0.374 e. The first kappa shape index (κ1) is 17.8. The summed E-state index contributed by atoms with van der Waals surface area (Å²) in [6.07, 6.45) is -8.81. The Bertz CT molecular complexity index is 830. The van der Waals surface area contributed by atoms with Crippen LogP contribution in [0.15, 0.2) is 6.20 Å². The summed E-state index contributed by atoms with van der Waals surface area (Å²) in [5.41, 5.74) is -4.29. The highest BCUT2D eigenvalue weighted by Crippen LogP contribution is 2.45. The summed E-state index contributed by atoms with van der Waals surface area (Å²) in [5.74, 6) is -0.664. The number of nitrogens with zero attached hydrogens (tertiary/aromatic N) is 4. The highest BCUT2D eigenvalue weighted by molar-refractivity contribution is 5.64. The first-order valence-electron chi connectivity index (χ1n) is 7.27. The van der Waals surface area contributed by atoms with Gasteiger partial charge in [0.1, 0.15) is 0 Å². The van der Waals surface area contributed by atoms with Crippen LogP contribution in [-0.2, 0) is 25.2 Å². The van der Waals surface area contributed by atoms with Crippen molar-refractivity contribution in [2.24, 2.45) is 7.05 Å². The zero-order valence-corrected chi connectivity index (χ0v) is 13.4. The zero-order valence-electron chi connectivity index (χ0n) is 13.4. The molecule has 0 aromatic carbocycles. The number of halogens is 6. The van der Waals surface area contributed by atoms with Crippen molar-refractivity contribution < 1.29 is 31.4 Å². The van der Waals surface area contributed by atoms with Crippen LogP contribution < -0.4 is 0 Å². The maximum absolute atomic E-state index is 13.2. The van der Waals surface area contributed by atoms with Crippen molar-refractivity contribution in [1.82, 2.24) is 19.3 Å². The van der Waals surface area contributed by atoms with Crippen LogP contribution >= 0.6 is 0 Å². The van der Waals surface area contributed by atoms with Crippen LogP contribution in [0.5, 0.6) is 0 Å². The molecule has 0 bridgehead atoms. The first-order chi connectivity index (χ1) is 11.3. The lowest BCUT2D eigenvalue weighted by Crippen LogP contribution is -2.42. The van der Waals surface area contributed by atoms with Gasteiger partial charge in [0.25, 0.3) is 0 Å². The van der Waals surface area contributed by atoms with E-state index in [0.29, 0.717) is 6.92 Å². The van der Waals surface area contributed by atoms with Crippen molar-refractivity contribution in [3.8, 4) is 11.4 Å². The molecule has 0 spiro atoms. The number of aryl methyl sites for hydroxylation is 1. The summed E-state index contributed by atoms with van der Waals surface area (Å²) < 4.78 is 81.0. The van der Waals surface area contributed by atoms with Gasteiger partial charge in [-0.3, -0.25) is 4.68 Å². The number of alkyl halides is 6. The van der Waals surface area contributed by atoms with E-state index in [-0.39, 0.29) is 23.4 Å². The van der Waals surface area contributed by atoms with Crippen molar-refractivity contribution >= 4 is 0 Å². The summed E-state index contributed by atoms with van der Waals surface area (Å²) in [5, 5.41) is 13.4. The Morgan fingerprint density at radius 1 is 1.20 bits per heavy atom. The number of rotatable bonds is 1. The van der Waals surface area contributed by atoms with Crippen LogP contribution in [-0.4, -0.2) is 30.6 Å². The molecule has 3 heterocycles. The Labute approximate surface area is 137 Å². The fourth-order valence-electron chi connectivity index (χ4n) is 3.17. The van der Waals surface area contributed by atoms with Crippen molar-refractivity contribution in [2.45, 2.75) is 44.3 Å². The van der Waals surface area contributed by atoms with Crippen LogP contribution in [0, 0.1) is 0 Å². The maximum Gasteiger partial charge on any atom is 0.435 e. The molecule has 0 fully saturated rings. The largest absolute Gasteiger partial charge is 0.435 e. The molecular weight excluding hydrogens is 354 g/mol. The quantitative estimate of drug-likeness (QED) is 0.787. The van der Waals surface area contributed by atoms with Crippen LogP contribution in [0.4, 0.5) is 26.3 Å². The topological polar surface area (TPSA) is 55.9 Å². The Morgan fingerprint density at radius 3 is 2.32 bits per heavy atom. The van der Waals surface area contributed by atoms with Gasteiger partial charge < -0.3 is 9.67 Å². The van der Waals surface area contributed by atoms with E-state index in [0.717, 1.165) is 15.4 Å². The highest BCUT2D eigenvalue weighted by Gasteiger charge is 2.55. The molecule has 0 aliphatic carbocycles. The van der Waals surface area contributed by atoms with Gasteiger partial charge in [-0.15, -0.1) is 0 Å². The average molecular weight is 368 g/mol. The minimum atomic E-state index is -4.99. The molecule has 3 rings (SSSR count). The molecule has 5 nitrogen and oxygen atoms in total. The number of hydrogen-bond donors (Lipinski definition) is 1. The first-order valence-corrected chi connectivity index (χ1v) is 7.27. The Balaban J connectivity index is 2.25. The molecule has 2 aromatic heterocycles. The SMILES string of the molecule is C[C@H]1Cc2c(C(F)(F)F)nn(C)c2-c2cnc(C(C)(O)C(F)(F)F)n21. The molecular formula is C14H14F6N4O. The predicted octanol–water partition coefficient (Wildman–Crippen LogP) is 3.19. The van der Waals surface area contributed by atoms with E-state index in [1.807, 2.05) is 0 Å². The smallest absolute Gasteiger partial charge is 0.374 e. The monoisotopic (exact) mass is 368 g/mol. The lowest BCUT2D eigenvalue weighted by molar-refractivity contribution is -0.262. The average Bonchev–Trinajstić information content (AvgIpc) is 2.99. The molecule has 1 aliphatic rings. The van der Waals surface area contributed by atoms with Gasteiger partial charge in [0, 0.05) is 18.7 Å². The maximum atomic E-state index is 13.2. The van der Waals surface area contributed by atoms with Crippen LogP contribution in [0.2, 0.25) is 0 Å². The number of imidazole rings is 1. The summed E-state index contributed by atoms with van der Waals surface area (Å²) in [6, 6.07) is -0.765. The van der Waals surface area contributed by atoms with E-state index in [4.69, 9.17) is 0 Å². The van der Waals surface area contributed by atoms with Crippen molar-refractivity contribution in [3.05, 3.63) is 23.3 Å². The van der Waals surface area contributed by atoms with Gasteiger partial charge in [-0.1, -0.05) is 0 Å². The Morgan fingerprint density at radius 2 is 1.80 bits per heavy atom. The lowest BCUT2D eigenvalue weighted by atomic mass is 9.96. The molecule has 2 atom stereocenters. The molecule has 0 saturated heterocycles. The van der Waals surface area contributed by atoms with Crippen molar-refractivity contribution in [3.63, 3.8) is 0 Å². The molecule has 25 heavy (non-hydrogen) atoms. The molecule has 1 N–H and O–H groups in total. The highest BCUT2D eigenvalue weighted by atomic mass is 19.4. The minimum absolute atomic E-state index is 0.0437. The summed E-state index contributed by atoms with van der Waals surface area (Å²) in [7, 11) is 1.28. The number of hydrogen-bond acceptors (Lipinski definition) is 3. The van der Waals surface area contributed by atoms with E-state index in [9.17, 15) is 31.4 Å². The van der Waals surface area contributed by atoms with Crippen LogP contribution in [0.3, 0.4) is 0 Å². The molecule has 138 valence electrons. The Hall–Kier alpha value is -2.04. The second-order valence-electron chi connectivity index (χ2n) is 6.26. The molecule has 1 aliphatic heterocycles. The van der Waals surface area contributed by atoms with Gasteiger partial charge in [0.15, 0.2) is 11.5 Å². The van der Waals surface area contributed by atoms with Gasteiger partial charge in [0.05, 0.1) is 17.6 Å². The summed E-state index contributed by atoms with van der Waals surface area (Å²) in [6.45, 7) is 2.03. The van der Waals surface area contributed by atoms with Gasteiger partial charge >= 0.3 is 12.4 Å². The number of aromatic nitrogens is 4. The predicted molar refractivity (Wildman–Crippen MR) is 73.5 cm³/mol. The standard InChI is InChI=1S/C14H14F6N4O/c1-6-4-7-9(23(3)22-10(7)13(15,16)17)8-5-21-11(24(6)8)12(2,25)14(18,19)20/h5-6,25H,4H2,1-3H3/t6-,12?/m0/s1. The van der Waals surface area contributed by atoms with E-state index < -0.39 is 35.5 Å². The second kappa shape index (κ2) is 4.99. The Kier molecular flexibility index (Phi) is 3.55. The number of fused-ring (bicyclic) bond motifs is 3. The molecule has 0 saturated carbocycles. The second-order valence-corrected chi connectivity index (χ2v) is 6.26. The van der Waals surface area contributed by atoms with E-state index in [1.54, 1.807) is 0 Å². The van der Waals surface area contributed by atoms with Crippen LogP contribution in [0.25, 0.3) is 11.4 Å². The van der Waals surface area contributed by atoms with Crippen molar-refractivity contribution in [2.75, 3.05) is 0 Å². The lowest BCUT2D eigenvalue weighted by Gasteiger charge is -2.31. The van der Waals surface area contributed by atoms with Gasteiger partial charge in [-0.2, -0.15) is 31.4 Å². The molecule has 2 aromatic rings. The molecule has 1 unspecified atom stereocenters. The van der Waals surface area contributed by atoms with Gasteiger partial charge in [-0.05, 0) is 20.3 Å². The summed E-state index contributed by atoms with van der Waals surface area (Å²) in [4.78, 5) is 3.67. The molecule has 0 amide bonds. The third-order valence-corrected chi connectivity index (χ3v) is 4.38. The summed E-state index contributed by atoms with van der Waals surface area (Å²) >= 11 is 0. The van der Waals surface area contributed by atoms with E-state index in [2.05, 4.69) is 10.1 Å². The zero-order chi connectivity index (χ0) is 18.9.